The molecule has 0 heterocycles. The molecule has 4 aromatic carbocycles. The molecular formula is C25H21N2O4S+. The average Bonchev–Trinajstić information content (AvgIpc) is 2.79. The van der Waals surface area contributed by atoms with Crippen molar-refractivity contribution >= 4 is 26.6 Å². The van der Waals surface area contributed by atoms with Crippen LogP contribution in [0.4, 0.5) is 5.69 Å². The second-order valence-corrected chi connectivity index (χ2v) is 9.09. The second kappa shape index (κ2) is 8.42. The van der Waals surface area contributed by atoms with Crippen LogP contribution in [0, 0.1) is 5.39 Å². The van der Waals surface area contributed by atoms with Gasteiger partial charge in [0.05, 0.1) is 0 Å². The SMILES string of the molecule is CC(Cc1ccc(-c2c([N+]#N)c(O)c3ccccc3c2S(=O)(=O)O)cc1)c1ccccc1. The number of phenols is 1. The Bertz CT molecular complexity index is 1440. The van der Waals surface area contributed by atoms with Crippen molar-refractivity contribution in [1.29, 1.82) is 5.39 Å². The lowest BCUT2D eigenvalue weighted by Gasteiger charge is -2.13. The van der Waals surface area contributed by atoms with Gasteiger partial charge in [0.1, 0.15) is 10.5 Å². The summed E-state index contributed by atoms with van der Waals surface area (Å²) >= 11 is 0. The fraction of sp³-hybridized carbons (Fsp3) is 0.120. The minimum Gasteiger partial charge on any atom is -0.501 e. The van der Waals surface area contributed by atoms with Gasteiger partial charge < -0.3 is 5.11 Å². The van der Waals surface area contributed by atoms with E-state index in [1.54, 1.807) is 24.3 Å². The van der Waals surface area contributed by atoms with Crippen molar-refractivity contribution in [3.05, 3.63) is 95.0 Å². The molecule has 0 aliphatic rings. The molecule has 32 heavy (non-hydrogen) atoms. The molecule has 0 fully saturated rings. The Kier molecular flexibility index (Phi) is 5.66. The van der Waals surface area contributed by atoms with Crippen LogP contribution in [0.3, 0.4) is 0 Å². The first-order valence-corrected chi connectivity index (χ1v) is 11.5. The lowest BCUT2D eigenvalue weighted by Crippen LogP contribution is -2.03. The summed E-state index contributed by atoms with van der Waals surface area (Å²) in [5.74, 6) is -0.0876. The zero-order chi connectivity index (χ0) is 22.9. The van der Waals surface area contributed by atoms with E-state index in [-0.39, 0.29) is 33.7 Å². The molecule has 4 rings (SSSR count). The van der Waals surface area contributed by atoms with E-state index in [0.29, 0.717) is 5.56 Å². The predicted molar refractivity (Wildman–Crippen MR) is 124 cm³/mol. The molecular weight excluding hydrogens is 424 g/mol. The van der Waals surface area contributed by atoms with Gasteiger partial charge in [-0.3, -0.25) is 4.55 Å². The molecule has 1 unspecified atom stereocenters. The minimum atomic E-state index is -4.70. The molecule has 0 saturated carbocycles. The van der Waals surface area contributed by atoms with Crippen LogP contribution in [-0.2, 0) is 16.5 Å². The average molecular weight is 446 g/mol. The zero-order valence-electron chi connectivity index (χ0n) is 17.3. The number of hydrogen-bond acceptors (Lipinski definition) is 4. The summed E-state index contributed by atoms with van der Waals surface area (Å²) in [4.78, 5) is 2.74. The van der Waals surface area contributed by atoms with E-state index in [0.717, 1.165) is 12.0 Å². The summed E-state index contributed by atoms with van der Waals surface area (Å²) in [5, 5.41) is 20.5. The Hall–Kier alpha value is -3.73. The van der Waals surface area contributed by atoms with E-state index in [4.69, 9.17) is 0 Å². The summed E-state index contributed by atoms with van der Waals surface area (Å²) in [5.41, 5.74) is 2.26. The van der Waals surface area contributed by atoms with Gasteiger partial charge >= 0.3 is 5.69 Å². The Morgan fingerprint density at radius 1 is 0.906 bits per heavy atom. The Morgan fingerprint density at radius 3 is 2.09 bits per heavy atom. The van der Waals surface area contributed by atoms with E-state index in [9.17, 15) is 23.5 Å². The first-order valence-electron chi connectivity index (χ1n) is 10.1. The zero-order valence-corrected chi connectivity index (χ0v) is 18.1. The van der Waals surface area contributed by atoms with Crippen molar-refractivity contribution in [3.63, 3.8) is 0 Å². The maximum absolute atomic E-state index is 12.3. The summed E-state index contributed by atoms with van der Waals surface area (Å²) in [6, 6.07) is 23.4. The molecule has 1 atom stereocenters. The van der Waals surface area contributed by atoms with E-state index in [1.807, 2.05) is 30.3 Å². The maximum Gasteiger partial charge on any atom is 0.435 e. The van der Waals surface area contributed by atoms with Gasteiger partial charge in [0.25, 0.3) is 10.1 Å². The van der Waals surface area contributed by atoms with E-state index >= 15 is 0 Å². The van der Waals surface area contributed by atoms with Crippen molar-refractivity contribution < 1.29 is 18.1 Å². The maximum atomic E-state index is 12.3. The Balaban J connectivity index is 1.84. The molecule has 4 aromatic rings. The summed E-state index contributed by atoms with van der Waals surface area (Å²) in [7, 11) is -4.70. The van der Waals surface area contributed by atoms with Crippen molar-refractivity contribution in [2.45, 2.75) is 24.2 Å². The number of hydrogen-bond donors (Lipinski definition) is 2. The topological polar surface area (TPSA) is 103 Å². The molecule has 0 radical (unpaired) electrons. The van der Waals surface area contributed by atoms with Gasteiger partial charge in [0.15, 0.2) is 4.98 Å². The number of benzene rings is 4. The summed E-state index contributed by atoms with van der Waals surface area (Å²) in [6.07, 6.45) is 0.773. The molecule has 160 valence electrons. The van der Waals surface area contributed by atoms with Gasteiger partial charge in [-0.05, 0) is 29.0 Å². The van der Waals surface area contributed by atoms with E-state index < -0.39 is 15.0 Å². The number of diazo groups is 1. The Labute approximate surface area is 186 Å². The molecule has 7 heteroatoms. The van der Waals surface area contributed by atoms with Crippen molar-refractivity contribution in [2.75, 3.05) is 0 Å². The Morgan fingerprint density at radius 2 is 1.50 bits per heavy atom. The highest BCUT2D eigenvalue weighted by atomic mass is 32.2. The summed E-state index contributed by atoms with van der Waals surface area (Å²) in [6.45, 7) is 2.13. The van der Waals surface area contributed by atoms with Crippen LogP contribution in [-0.4, -0.2) is 18.1 Å². The first-order chi connectivity index (χ1) is 15.3. The molecule has 0 bridgehead atoms. The summed E-state index contributed by atoms with van der Waals surface area (Å²) < 4.78 is 34.7. The van der Waals surface area contributed by atoms with Crippen molar-refractivity contribution in [1.82, 2.24) is 0 Å². The van der Waals surface area contributed by atoms with Crippen LogP contribution in [0.1, 0.15) is 24.0 Å². The molecule has 0 aromatic heterocycles. The van der Waals surface area contributed by atoms with Crippen molar-refractivity contribution in [3.8, 4) is 16.9 Å². The standard InChI is InChI=1S/C25H20N2O4S/c1-16(18-7-3-2-4-8-18)15-17-11-13-19(14-12-17)22-23(27-26)24(28)20-9-5-6-10-21(20)25(22)32(29,30)31/h2-14,16H,15H2,1H3,(H-,28,29,30,31)/p+1. The minimum absolute atomic E-state index is 0.0612. The number of aromatic hydroxyl groups is 1. The number of nitrogens with zero attached hydrogens (tertiary/aromatic N) is 2. The molecule has 0 amide bonds. The highest BCUT2D eigenvalue weighted by molar-refractivity contribution is 7.86. The van der Waals surface area contributed by atoms with Crippen LogP contribution < -0.4 is 0 Å². The number of rotatable bonds is 5. The van der Waals surface area contributed by atoms with Crippen LogP contribution in [0.25, 0.3) is 26.9 Å². The highest BCUT2D eigenvalue weighted by Gasteiger charge is 2.34. The van der Waals surface area contributed by atoms with Gasteiger partial charge in [-0.1, -0.05) is 85.8 Å². The third-order valence-electron chi connectivity index (χ3n) is 5.63. The first kappa shape index (κ1) is 21.5. The van der Waals surface area contributed by atoms with Crippen LogP contribution in [0.15, 0.2) is 83.8 Å². The molecule has 6 nitrogen and oxygen atoms in total. The molecule has 0 aliphatic carbocycles. The van der Waals surface area contributed by atoms with Gasteiger partial charge in [-0.15, -0.1) is 0 Å². The second-order valence-electron chi connectivity index (χ2n) is 7.73. The van der Waals surface area contributed by atoms with Crippen LogP contribution in [0.5, 0.6) is 5.75 Å². The van der Waals surface area contributed by atoms with E-state index in [2.05, 4.69) is 24.0 Å². The van der Waals surface area contributed by atoms with Gasteiger partial charge in [0, 0.05) is 10.8 Å². The number of phenolic OH excluding ortho intramolecular Hbond substituents is 1. The van der Waals surface area contributed by atoms with Gasteiger partial charge in [0.2, 0.25) is 11.1 Å². The fourth-order valence-electron chi connectivity index (χ4n) is 4.07. The lowest BCUT2D eigenvalue weighted by molar-refractivity contribution is 0.481. The molecule has 0 saturated heterocycles. The largest absolute Gasteiger partial charge is 0.501 e. The van der Waals surface area contributed by atoms with Gasteiger partial charge in [-0.2, -0.15) is 8.42 Å². The predicted octanol–water partition coefficient (Wildman–Crippen LogP) is 6.29. The third-order valence-corrected chi connectivity index (χ3v) is 6.57. The monoisotopic (exact) mass is 445 g/mol. The molecule has 0 spiro atoms. The molecule has 0 aliphatic heterocycles. The quantitative estimate of drug-likeness (QED) is 0.278. The third kappa shape index (κ3) is 3.94. The smallest absolute Gasteiger partial charge is 0.435 e. The number of fused-ring (bicyclic) bond motifs is 1. The van der Waals surface area contributed by atoms with Gasteiger partial charge in [-0.25, -0.2) is 0 Å². The van der Waals surface area contributed by atoms with E-state index in [1.165, 1.54) is 17.7 Å². The fourth-order valence-corrected chi connectivity index (χ4v) is 5.00. The normalized spacial score (nSPS) is 12.4. The van der Waals surface area contributed by atoms with Crippen molar-refractivity contribution in [2.24, 2.45) is 0 Å². The van der Waals surface area contributed by atoms with Crippen LogP contribution in [0.2, 0.25) is 0 Å². The molecule has 2 N–H and O–H groups in total. The lowest BCUT2D eigenvalue weighted by atomic mass is 9.92. The van der Waals surface area contributed by atoms with Crippen LogP contribution >= 0.6 is 0 Å². The highest BCUT2D eigenvalue weighted by Crippen LogP contribution is 2.48.